The van der Waals surface area contributed by atoms with E-state index in [-0.39, 0.29) is 6.79 Å². The molecule has 8 heteroatoms. The van der Waals surface area contributed by atoms with Crippen LogP contribution >= 0.6 is 15.9 Å². The topological polar surface area (TPSA) is 60.3 Å². The largest absolute Gasteiger partial charge is 0.492 e. The van der Waals surface area contributed by atoms with Gasteiger partial charge in [0, 0.05) is 43.6 Å². The van der Waals surface area contributed by atoms with Gasteiger partial charge in [-0.25, -0.2) is 0 Å². The fraction of sp³-hybridized carbons (Fsp3) is 0.389. The van der Waals surface area contributed by atoms with Crippen molar-refractivity contribution in [3.63, 3.8) is 0 Å². The third kappa shape index (κ3) is 4.43. The molecule has 140 valence electrons. The molecule has 0 atom stereocenters. The van der Waals surface area contributed by atoms with Gasteiger partial charge < -0.3 is 29.0 Å². The summed E-state index contributed by atoms with van der Waals surface area (Å²) in [6, 6.07) is 7.68. The highest BCUT2D eigenvalue weighted by molar-refractivity contribution is 9.10. The van der Waals surface area contributed by atoms with Crippen LogP contribution < -0.4 is 19.5 Å². The summed E-state index contributed by atoms with van der Waals surface area (Å²) in [5.41, 5.74) is 1.19. The van der Waals surface area contributed by atoms with Gasteiger partial charge in [-0.2, -0.15) is 0 Å². The Morgan fingerprint density at radius 1 is 1.35 bits per heavy atom. The fourth-order valence-corrected chi connectivity index (χ4v) is 3.30. The van der Waals surface area contributed by atoms with Gasteiger partial charge in [0.25, 0.3) is 0 Å². The van der Waals surface area contributed by atoms with Crippen LogP contribution in [0, 0.1) is 0 Å². The van der Waals surface area contributed by atoms with E-state index >= 15 is 0 Å². The third-order valence-corrected chi connectivity index (χ3v) is 4.48. The van der Waals surface area contributed by atoms with Crippen LogP contribution in [0.15, 0.2) is 39.9 Å². The van der Waals surface area contributed by atoms with E-state index in [1.807, 2.05) is 38.5 Å². The lowest BCUT2D eigenvalue weighted by Crippen LogP contribution is -2.40. The molecule has 1 N–H and O–H groups in total. The summed E-state index contributed by atoms with van der Waals surface area (Å²) in [4.78, 5) is 6.40. The standard InChI is InChI=1S/C18H23BrN4O3/c1-20-18(23(3)11-14-8-13(19)10-22(14)2)21-6-7-24-15-4-5-16-17(9-15)26-12-25-16/h4-5,8-10H,6-7,11-12H2,1-3H3,(H,20,21). The van der Waals surface area contributed by atoms with Gasteiger partial charge in [-0.3, -0.25) is 4.99 Å². The summed E-state index contributed by atoms with van der Waals surface area (Å²) in [5, 5.41) is 3.31. The van der Waals surface area contributed by atoms with Crippen molar-refractivity contribution in [2.45, 2.75) is 6.54 Å². The quantitative estimate of drug-likeness (QED) is 0.440. The zero-order valence-corrected chi connectivity index (χ0v) is 16.7. The minimum Gasteiger partial charge on any atom is -0.492 e. The molecule has 1 aromatic heterocycles. The van der Waals surface area contributed by atoms with Crippen molar-refractivity contribution in [1.82, 2.24) is 14.8 Å². The molecule has 0 bridgehead atoms. The zero-order valence-electron chi connectivity index (χ0n) is 15.2. The molecule has 26 heavy (non-hydrogen) atoms. The van der Waals surface area contributed by atoms with Crippen molar-refractivity contribution < 1.29 is 14.2 Å². The van der Waals surface area contributed by atoms with E-state index in [1.54, 1.807) is 7.05 Å². The number of guanidine groups is 1. The fourth-order valence-electron chi connectivity index (χ4n) is 2.72. The van der Waals surface area contributed by atoms with Gasteiger partial charge in [-0.1, -0.05) is 0 Å². The van der Waals surface area contributed by atoms with Crippen LogP contribution in [0.3, 0.4) is 0 Å². The number of fused-ring (bicyclic) bond motifs is 1. The molecule has 2 aromatic rings. The molecule has 0 unspecified atom stereocenters. The maximum Gasteiger partial charge on any atom is 0.231 e. The highest BCUT2D eigenvalue weighted by Crippen LogP contribution is 2.34. The van der Waals surface area contributed by atoms with Crippen LogP contribution in [0.4, 0.5) is 0 Å². The van der Waals surface area contributed by atoms with E-state index < -0.39 is 0 Å². The second-order valence-electron chi connectivity index (χ2n) is 5.95. The van der Waals surface area contributed by atoms with Crippen LogP contribution in [0.5, 0.6) is 17.2 Å². The summed E-state index contributed by atoms with van der Waals surface area (Å²) in [5.74, 6) is 3.05. The Bertz CT molecular complexity index is 791. The number of aromatic nitrogens is 1. The number of hydrogen-bond acceptors (Lipinski definition) is 4. The van der Waals surface area contributed by atoms with Crippen molar-refractivity contribution in [1.29, 1.82) is 0 Å². The summed E-state index contributed by atoms with van der Waals surface area (Å²) in [7, 11) is 5.82. The maximum atomic E-state index is 5.76. The highest BCUT2D eigenvalue weighted by atomic mass is 79.9. The molecule has 0 spiro atoms. The number of halogens is 1. The van der Waals surface area contributed by atoms with Gasteiger partial charge in [0.05, 0.1) is 13.1 Å². The molecule has 0 radical (unpaired) electrons. The maximum absolute atomic E-state index is 5.76. The number of benzene rings is 1. The minimum absolute atomic E-state index is 0.265. The normalized spacial score (nSPS) is 13.0. The number of nitrogens with one attached hydrogen (secondary N) is 1. The Balaban J connectivity index is 1.46. The molecule has 1 aromatic carbocycles. The lowest BCUT2D eigenvalue weighted by molar-refractivity contribution is 0.173. The van der Waals surface area contributed by atoms with Crippen LogP contribution in [-0.2, 0) is 13.6 Å². The minimum atomic E-state index is 0.265. The average molecular weight is 423 g/mol. The van der Waals surface area contributed by atoms with Crippen LogP contribution in [0.25, 0.3) is 0 Å². The molecule has 0 amide bonds. The molecule has 7 nitrogen and oxygen atoms in total. The van der Waals surface area contributed by atoms with E-state index in [0.29, 0.717) is 13.2 Å². The molecular weight excluding hydrogens is 400 g/mol. The summed E-state index contributed by atoms with van der Waals surface area (Å²) in [6.07, 6.45) is 2.04. The molecule has 0 saturated heterocycles. The van der Waals surface area contributed by atoms with Gasteiger partial charge in [0.2, 0.25) is 6.79 Å². The Kier molecular flexibility index (Phi) is 5.92. The number of ether oxygens (including phenoxy) is 3. The van der Waals surface area contributed by atoms with Crippen LogP contribution in [0.1, 0.15) is 5.69 Å². The third-order valence-electron chi connectivity index (χ3n) is 4.04. The molecule has 0 saturated carbocycles. The van der Waals surface area contributed by atoms with Crippen LogP contribution in [0.2, 0.25) is 0 Å². The second kappa shape index (κ2) is 8.35. The lowest BCUT2D eigenvalue weighted by Gasteiger charge is -2.22. The van der Waals surface area contributed by atoms with E-state index in [4.69, 9.17) is 14.2 Å². The van der Waals surface area contributed by atoms with E-state index in [1.165, 1.54) is 5.69 Å². The molecule has 1 aliphatic rings. The molecule has 1 aliphatic heterocycles. The number of aryl methyl sites for hydroxylation is 1. The number of nitrogens with zero attached hydrogens (tertiary/aromatic N) is 3. The lowest BCUT2D eigenvalue weighted by atomic mass is 10.3. The van der Waals surface area contributed by atoms with E-state index in [9.17, 15) is 0 Å². The Morgan fingerprint density at radius 2 is 2.15 bits per heavy atom. The van der Waals surface area contributed by atoms with Crippen molar-refractivity contribution in [3.05, 3.63) is 40.6 Å². The SMILES string of the molecule is CN=C(NCCOc1ccc2c(c1)OCO2)N(C)Cc1cc(Br)cn1C. The molecule has 2 heterocycles. The highest BCUT2D eigenvalue weighted by Gasteiger charge is 2.14. The summed E-state index contributed by atoms with van der Waals surface area (Å²) < 4.78 is 19.6. The first-order chi connectivity index (χ1) is 12.6. The predicted molar refractivity (Wildman–Crippen MR) is 104 cm³/mol. The zero-order chi connectivity index (χ0) is 18.5. The molecular formula is C18H23BrN4O3. The number of hydrogen-bond donors (Lipinski definition) is 1. The second-order valence-corrected chi connectivity index (χ2v) is 6.87. The first kappa shape index (κ1) is 18.4. The van der Waals surface area contributed by atoms with Crippen LogP contribution in [-0.4, -0.2) is 49.5 Å². The predicted octanol–water partition coefficient (Wildman–Crippen LogP) is 2.60. The van der Waals surface area contributed by atoms with Gasteiger partial charge in [0.15, 0.2) is 17.5 Å². The molecule has 0 aliphatic carbocycles. The first-order valence-electron chi connectivity index (χ1n) is 8.32. The van der Waals surface area contributed by atoms with Crippen molar-refractivity contribution >= 4 is 21.9 Å². The van der Waals surface area contributed by atoms with Gasteiger partial charge in [-0.15, -0.1) is 0 Å². The number of aliphatic imine (C=N–C) groups is 1. The monoisotopic (exact) mass is 422 g/mol. The van der Waals surface area contributed by atoms with E-state index in [2.05, 4.69) is 41.8 Å². The molecule has 3 rings (SSSR count). The van der Waals surface area contributed by atoms with E-state index in [0.717, 1.165) is 34.2 Å². The summed E-state index contributed by atoms with van der Waals surface area (Å²) >= 11 is 3.50. The van der Waals surface area contributed by atoms with Gasteiger partial charge in [0.1, 0.15) is 12.4 Å². The van der Waals surface area contributed by atoms with Gasteiger partial charge >= 0.3 is 0 Å². The smallest absolute Gasteiger partial charge is 0.231 e. The summed E-state index contributed by atoms with van der Waals surface area (Å²) in [6.45, 7) is 2.18. The Labute approximate surface area is 161 Å². The molecule has 0 fully saturated rings. The van der Waals surface area contributed by atoms with Crippen molar-refractivity contribution in [2.75, 3.05) is 34.0 Å². The first-order valence-corrected chi connectivity index (χ1v) is 9.11. The number of rotatable bonds is 6. The Hall–Kier alpha value is -2.35. The van der Waals surface area contributed by atoms with Gasteiger partial charge in [-0.05, 0) is 34.1 Å². The van der Waals surface area contributed by atoms with Crippen molar-refractivity contribution in [2.24, 2.45) is 12.0 Å². The Morgan fingerprint density at radius 3 is 2.88 bits per heavy atom. The van der Waals surface area contributed by atoms with Crippen molar-refractivity contribution in [3.8, 4) is 17.2 Å². The average Bonchev–Trinajstić information content (AvgIpc) is 3.20.